The topological polar surface area (TPSA) is 152 Å². The Balaban J connectivity index is 1.68. The molecule has 11 nitrogen and oxygen atoms in total. The number of nitrogens with two attached hydrogens (primary N) is 1. The van der Waals surface area contributed by atoms with Crippen molar-refractivity contribution in [1.82, 2.24) is 24.4 Å². The van der Waals surface area contributed by atoms with E-state index in [9.17, 15) is 14.9 Å². The molecule has 0 spiro atoms. The second-order valence-corrected chi connectivity index (χ2v) is 10.6. The number of nitriles is 1. The molecule has 1 atom stereocenters. The first-order chi connectivity index (χ1) is 20.1. The zero-order chi connectivity index (χ0) is 30.2. The Morgan fingerprint density at radius 3 is 2.67 bits per heavy atom. The normalized spacial score (nSPS) is 12.1. The van der Waals surface area contributed by atoms with Gasteiger partial charge in [-0.3, -0.25) is 19.1 Å². The molecule has 4 aromatic rings. The number of nitrogens with one attached hydrogen (secondary N) is 1. The summed E-state index contributed by atoms with van der Waals surface area (Å²) in [7, 11) is 3.85. The Morgan fingerprint density at radius 1 is 1.14 bits per heavy atom. The van der Waals surface area contributed by atoms with Crippen LogP contribution in [0, 0.1) is 17.2 Å². The van der Waals surface area contributed by atoms with Gasteiger partial charge in [0.25, 0.3) is 0 Å². The molecular formula is C31H34N8O3. The maximum Gasteiger partial charge on any atom is 0.324 e. The zero-order valence-electron chi connectivity index (χ0n) is 24.1. The van der Waals surface area contributed by atoms with E-state index in [1.165, 1.54) is 6.08 Å². The molecule has 216 valence electrons. The Labute approximate surface area is 244 Å². The first-order valence-corrected chi connectivity index (χ1v) is 13.5. The van der Waals surface area contributed by atoms with E-state index in [1.807, 2.05) is 51.2 Å². The van der Waals surface area contributed by atoms with E-state index in [1.54, 1.807) is 47.6 Å². The number of carbonyl (C=O) groups is 2. The van der Waals surface area contributed by atoms with Crippen LogP contribution >= 0.6 is 0 Å². The first kappa shape index (κ1) is 30.0. The molecule has 0 saturated heterocycles. The Kier molecular flexibility index (Phi) is 9.75. The van der Waals surface area contributed by atoms with Gasteiger partial charge < -0.3 is 20.7 Å². The molecule has 0 aromatic carbocycles. The number of fused-ring (bicyclic) bond motifs is 1. The standard InChI is InChI=1S/C31H34N8O3/c1-20(2)10-28(33)31(41)42-19-39-18-27(21-7-8-35-24(11-21)14-32)26-13-23(16-36-30(26)39)22-12-25(17-34-15-22)37-29(40)6-5-9-38(3)4/h5-8,11-13,15-18,20,28H,9-10,19,33H2,1-4H3,(H,37,40)/b6-5+. The summed E-state index contributed by atoms with van der Waals surface area (Å²) in [5, 5.41) is 13.0. The minimum Gasteiger partial charge on any atom is -0.443 e. The summed E-state index contributed by atoms with van der Waals surface area (Å²) < 4.78 is 7.27. The van der Waals surface area contributed by atoms with Gasteiger partial charge in [0.1, 0.15) is 23.5 Å². The van der Waals surface area contributed by atoms with Gasteiger partial charge in [-0.2, -0.15) is 5.26 Å². The first-order valence-electron chi connectivity index (χ1n) is 13.5. The number of amides is 1. The molecule has 0 aliphatic carbocycles. The lowest BCUT2D eigenvalue weighted by Gasteiger charge is -2.14. The molecule has 0 fully saturated rings. The number of rotatable bonds is 11. The number of nitrogens with zero attached hydrogens (tertiary/aromatic N) is 6. The highest BCUT2D eigenvalue weighted by Gasteiger charge is 2.19. The molecule has 0 aliphatic rings. The average molecular weight is 567 g/mol. The number of carbonyl (C=O) groups excluding carboxylic acids is 2. The third kappa shape index (κ3) is 7.63. The van der Waals surface area contributed by atoms with Crippen molar-refractivity contribution in [3.05, 3.63) is 73.1 Å². The summed E-state index contributed by atoms with van der Waals surface area (Å²) in [5.41, 5.74) is 10.5. The molecule has 42 heavy (non-hydrogen) atoms. The Morgan fingerprint density at radius 2 is 1.93 bits per heavy atom. The number of anilines is 1. The van der Waals surface area contributed by atoms with Gasteiger partial charge >= 0.3 is 5.97 Å². The Bertz CT molecular complexity index is 1650. The SMILES string of the molecule is CC(C)CC(N)C(=O)OCn1cc(-c2ccnc(C#N)c2)c2cc(-c3cncc(NC(=O)/C=C/CN(C)C)c3)cnc21. The van der Waals surface area contributed by atoms with Crippen LogP contribution in [0.4, 0.5) is 5.69 Å². The van der Waals surface area contributed by atoms with Crippen LogP contribution in [0.5, 0.6) is 0 Å². The molecule has 1 unspecified atom stereocenters. The van der Waals surface area contributed by atoms with E-state index < -0.39 is 12.0 Å². The predicted octanol–water partition coefficient (Wildman–Crippen LogP) is 3.96. The lowest BCUT2D eigenvalue weighted by atomic mass is 10.0. The van der Waals surface area contributed by atoms with Gasteiger partial charge in [0.15, 0.2) is 6.73 Å². The van der Waals surface area contributed by atoms with Crippen molar-refractivity contribution in [3.63, 3.8) is 0 Å². The van der Waals surface area contributed by atoms with Crippen LogP contribution in [-0.4, -0.2) is 63.0 Å². The molecule has 1 amide bonds. The molecule has 4 aromatic heterocycles. The van der Waals surface area contributed by atoms with Gasteiger partial charge in [0.2, 0.25) is 5.91 Å². The molecule has 3 N–H and O–H groups in total. The molecule has 0 aliphatic heterocycles. The van der Waals surface area contributed by atoms with Crippen molar-refractivity contribution in [2.75, 3.05) is 26.0 Å². The average Bonchev–Trinajstić information content (AvgIpc) is 3.33. The fraction of sp³-hybridized carbons (Fsp3) is 0.290. The van der Waals surface area contributed by atoms with Crippen molar-refractivity contribution in [3.8, 4) is 28.3 Å². The maximum absolute atomic E-state index is 12.5. The number of aromatic nitrogens is 4. The van der Waals surface area contributed by atoms with E-state index in [0.717, 1.165) is 27.6 Å². The minimum atomic E-state index is -0.715. The van der Waals surface area contributed by atoms with Crippen molar-refractivity contribution in [2.24, 2.45) is 11.7 Å². The summed E-state index contributed by atoms with van der Waals surface area (Å²) in [6, 6.07) is 8.62. The second kappa shape index (κ2) is 13.6. The maximum atomic E-state index is 12.5. The van der Waals surface area contributed by atoms with E-state index in [-0.39, 0.29) is 24.2 Å². The summed E-state index contributed by atoms with van der Waals surface area (Å²) in [5.74, 6) is -0.480. The van der Waals surface area contributed by atoms with Gasteiger partial charge in [-0.25, -0.2) is 9.97 Å². The number of pyridine rings is 3. The van der Waals surface area contributed by atoms with Crippen LogP contribution in [0.1, 0.15) is 26.0 Å². The third-order valence-corrected chi connectivity index (χ3v) is 6.35. The molecule has 0 radical (unpaired) electrons. The van der Waals surface area contributed by atoms with Crippen molar-refractivity contribution in [1.29, 1.82) is 5.26 Å². The van der Waals surface area contributed by atoms with Crippen LogP contribution in [0.25, 0.3) is 33.3 Å². The van der Waals surface area contributed by atoms with Gasteiger partial charge in [0, 0.05) is 59.5 Å². The molecule has 11 heteroatoms. The zero-order valence-corrected chi connectivity index (χ0v) is 24.1. The monoisotopic (exact) mass is 566 g/mol. The van der Waals surface area contributed by atoms with Crippen LogP contribution in [0.3, 0.4) is 0 Å². The lowest BCUT2D eigenvalue weighted by molar-refractivity contribution is -0.149. The Hall–Kier alpha value is -4.92. The number of esters is 1. The van der Waals surface area contributed by atoms with Crippen LogP contribution in [0.15, 0.2) is 67.4 Å². The number of hydrogen-bond acceptors (Lipinski definition) is 9. The summed E-state index contributed by atoms with van der Waals surface area (Å²) in [6.07, 6.45) is 12.2. The van der Waals surface area contributed by atoms with E-state index >= 15 is 0 Å². The van der Waals surface area contributed by atoms with Gasteiger partial charge in [-0.15, -0.1) is 0 Å². The molecule has 0 saturated carbocycles. The van der Waals surface area contributed by atoms with Crippen LogP contribution in [-0.2, 0) is 21.1 Å². The van der Waals surface area contributed by atoms with Gasteiger partial charge in [0.05, 0.1) is 11.9 Å². The molecule has 0 bridgehead atoms. The third-order valence-electron chi connectivity index (χ3n) is 6.35. The van der Waals surface area contributed by atoms with Crippen LogP contribution in [0.2, 0.25) is 0 Å². The fourth-order valence-corrected chi connectivity index (χ4v) is 4.38. The lowest BCUT2D eigenvalue weighted by Crippen LogP contribution is -2.33. The quantitative estimate of drug-likeness (QED) is 0.203. The van der Waals surface area contributed by atoms with Gasteiger partial charge in [-0.1, -0.05) is 19.9 Å². The highest BCUT2D eigenvalue weighted by Crippen LogP contribution is 2.33. The molecular weight excluding hydrogens is 532 g/mol. The summed E-state index contributed by atoms with van der Waals surface area (Å²) >= 11 is 0. The van der Waals surface area contributed by atoms with Crippen molar-refractivity contribution < 1.29 is 14.3 Å². The number of hydrogen-bond donors (Lipinski definition) is 2. The van der Waals surface area contributed by atoms with Crippen molar-refractivity contribution >= 4 is 28.6 Å². The molecule has 4 rings (SSSR count). The van der Waals surface area contributed by atoms with E-state index in [4.69, 9.17) is 15.5 Å². The highest BCUT2D eigenvalue weighted by atomic mass is 16.5. The number of likely N-dealkylation sites (N-methyl/N-ethyl adjacent to an activating group) is 1. The van der Waals surface area contributed by atoms with Crippen LogP contribution < -0.4 is 11.1 Å². The fourth-order valence-electron chi connectivity index (χ4n) is 4.38. The highest BCUT2D eigenvalue weighted by molar-refractivity contribution is 6.00. The smallest absolute Gasteiger partial charge is 0.324 e. The second-order valence-electron chi connectivity index (χ2n) is 10.6. The molecule has 4 heterocycles. The largest absolute Gasteiger partial charge is 0.443 e. The summed E-state index contributed by atoms with van der Waals surface area (Å²) in [4.78, 5) is 39.9. The number of ether oxygens (including phenoxy) is 1. The van der Waals surface area contributed by atoms with Crippen molar-refractivity contribution in [2.45, 2.75) is 33.0 Å². The van der Waals surface area contributed by atoms with Gasteiger partial charge in [-0.05, 0) is 56.3 Å². The predicted molar refractivity (Wildman–Crippen MR) is 161 cm³/mol. The van der Waals surface area contributed by atoms with E-state index in [2.05, 4.69) is 21.4 Å². The van der Waals surface area contributed by atoms with E-state index in [0.29, 0.717) is 24.3 Å². The minimum absolute atomic E-state index is 0.0753. The summed E-state index contributed by atoms with van der Waals surface area (Å²) in [6.45, 7) is 4.56.